The summed E-state index contributed by atoms with van der Waals surface area (Å²) in [6.45, 7) is 1.13. The fourth-order valence-electron chi connectivity index (χ4n) is 3.44. The quantitative estimate of drug-likeness (QED) is 0.540. The Bertz CT molecular complexity index is 1020. The number of nitrogens with zero attached hydrogens (tertiary/aromatic N) is 4. The number of alkyl halides is 2. The van der Waals surface area contributed by atoms with Crippen molar-refractivity contribution in [3.8, 4) is 16.9 Å². The lowest BCUT2D eigenvalue weighted by molar-refractivity contribution is -0.0498. The van der Waals surface area contributed by atoms with Gasteiger partial charge in [-0.25, -0.2) is 9.97 Å². The molecule has 0 spiro atoms. The summed E-state index contributed by atoms with van der Waals surface area (Å²) in [5.74, 6) is 1.14. The smallest absolute Gasteiger partial charge is 0.387 e. The first kappa shape index (κ1) is 20.9. The Kier molecular flexibility index (Phi) is 6.20. The van der Waals surface area contributed by atoms with Gasteiger partial charge in [-0.2, -0.15) is 18.2 Å². The van der Waals surface area contributed by atoms with Crippen LogP contribution in [0, 0.1) is 11.9 Å². The standard InChI is InChI=1S/C22H22F3N5O/c1-14-7-10-30(11-8-14)22-26-9-6-19(29-22)28-18-12-16(13-27-20(18)23)15-2-4-17(5-3-15)31-21(24)25/h2-6,9,12-14,21H,7-8,10-11H2,1H3,(H,26,28,29). The van der Waals surface area contributed by atoms with Crippen molar-refractivity contribution in [1.29, 1.82) is 0 Å². The first-order chi connectivity index (χ1) is 15.0. The number of ether oxygens (including phenoxy) is 1. The van der Waals surface area contributed by atoms with Gasteiger partial charge in [-0.3, -0.25) is 0 Å². The van der Waals surface area contributed by atoms with Crippen LogP contribution in [0.1, 0.15) is 19.8 Å². The average Bonchev–Trinajstić information content (AvgIpc) is 2.76. The van der Waals surface area contributed by atoms with Gasteiger partial charge in [0, 0.05) is 31.0 Å². The fraction of sp³-hybridized carbons (Fsp3) is 0.318. The van der Waals surface area contributed by atoms with Gasteiger partial charge in [0.25, 0.3) is 0 Å². The van der Waals surface area contributed by atoms with Crippen LogP contribution >= 0.6 is 0 Å². The molecule has 0 saturated carbocycles. The zero-order valence-corrected chi connectivity index (χ0v) is 16.9. The molecule has 6 nitrogen and oxygen atoms in total. The lowest BCUT2D eigenvalue weighted by Gasteiger charge is -2.30. The highest BCUT2D eigenvalue weighted by molar-refractivity contribution is 5.69. The second-order valence-electron chi connectivity index (χ2n) is 7.50. The SMILES string of the molecule is CC1CCN(c2nccc(Nc3cc(-c4ccc(OC(F)F)cc4)cnc3F)n2)CC1. The van der Waals surface area contributed by atoms with Gasteiger partial charge in [0.15, 0.2) is 0 Å². The molecular formula is C22H22F3N5O. The number of anilines is 3. The highest BCUT2D eigenvalue weighted by atomic mass is 19.3. The summed E-state index contributed by atoms with van der Waals surface area (Å²) in [4.78, 5) is 14.8. The largest absolute Gasteiger partial charge is 0.435 e. The summed E-state index contributed by atoms with van der Waals surface area (Å²) in [7, 11) is 0. The third kappa shape index (κ3) is 5.22. The molecule has 0 radical (unpaired) electrons. The maximum absolute atomic E-state index is 14.3. The Morgan fingerprint density at radius 1 is 1.06 bits per heavy atom. The second-order valence-corrected chi connectivity index (χ2v) is 7.50. The van der Waals surface area contributed by atoms with Crippen molar-refractivity contribution >= 4 is 17.5 Å². The van der Waals surface area contributed by atoms with E-state index in [1.807, 2.05) is 0 Å². The van der Waals surface area contributed by atoms with E-state index in [1.54, 1.807) is 30.5 Å². The van der Waals surface area contributed by atoms with E-state index < -0.39 is 12.6 Å². The van der Waals surface area contributed by atoms with Crippen molar-refractivity contribution in [2.24, 2.45) is 5.92 Å². The van der Waals surface area contributed by atoms with E-state index in [2.05, 4.69) is 36.8 Å². The summed E-state index contributed by atoms with van der Waals surface area (Å²) in [5, 5.41) is 2.97. The predicted molar refractivity (Wildman–Crippen MR) is 112 cm³/mol. The molecule has 0 unspecified atom stereocenters. The molecule has 1 aromatic carbocycles. The predicted octanol–water partition coefficient (Wildman–Crippen LogP) is 5.26. The van der Waals surface area contributed by atoms with Crippen LogP contribution in [0.25, 0.3) is 11.1 Å². The van der Waals surface area contributed by atoms with E-state index in [0.29, 0.717) is 28.8 Å². The number of nitrogens with one attached hydrogen (secondary N) is 1. The molecule has 2 aromatic heterocycles. The van der Waals surface area contributed by atoms with Crippen molar-refractivity contribution < 1.29 is 17.9 Å². The summed E-state index contributed by atoms with van der Waals surface area (Å²) in [5.41, 5.74) is 1.46. The number of halogens is 3. The molecule has 4 rings (SSSR count). The Morgan fingerprint density at radius 3 is 2.52 bits per heavy atom. The normalized spacial score (nSPS) is 14.7. The Hall–Kier alpha value is -3.36. The first-order valence-corrected chi connectivity index (χ1v) is 10.0. The Balaban J connectivity index is 1.52. The summed E-state index contributed by atoms with van der Waals surface area (Å²) in [6, 6.07) is 9.32. The van der Waals surface area contributed by atoms with Crippen LogP contribution in [-0.2, 0) is 0 Å². The molecule has 1 N–H and O–H groups in total. The number of hydrogen-bond donors (Lipinski definition) is 1. The van der Waals surface area contributed by atoms with Crippen molar-refractivity contribution in [3.63, 3.8) is 0 Å². The lowest BCUT2D eigenvalue weighted by atomic mass is 10.00. The summed E-state index contributed by atoms with van der Waals surface area (Å²) in [6.07, 6.45) is 5.19. The van der Waals surface area contributed by atoms with E-state index in [-0.39, 0.29) is 11.4 Å². The molecule has 31 heavy (non-hydrogen) atoms. The van der Waals surface area contributed by atoms with E-state index >= 15 is 0 Å². The number of pyridine rings is 1. The molecule has 3 aromatic rings. The van der Waals surface area contributed by atoms with E-state index in [1.165, 1.54) is 18.3 Å². The third-order valence-corrected chi connectivity index (χ3v) is 5.22. The third-order valence-electron chi connectivity index (χ3n) is 5.22. The molecule has 0 aliphatic carbocycles. The van der Waals surface area contributed by atoms with Crippen LogP contribution in [0.15, 0.2) is 48.8 Å². The Labute approximate surface area is 178 Å². The number of piperidine rings is 1. The fourth-order valence-corrected chi connectivity index (χ4v) is 3.44. The van der Waals surface area contributed by atoms with Crippen molar-refractivity contribution in [3.05, 3.63) is 54.7 Å². The molecule has 0 amide bonds. The Morgan fingerprint density at radius 2 is 1.81 bits per heavy atom. The van der Waals surface area contributed by atoms with Crippen molar-refractivity contribution in [1.82, 2.24) is 15.0 Å². The average molecular weight is 429 g/mol. The summed E-state index contributed by atoms with van der Waals surface area (Å²) < 4.78 is 43.3. The zero-order chi connectivity index (χ0) is 21.8. The van der Waals surface area contributed by atoms with Gasteiger partial charge >= 0.3 is 6.61 Å². The van der Waals surface area contributed by atoms with Crippen molar-refractivity contribution in [2.75, 3.05) is 23.3 Å². The van der Waals surface area contributed by atoms with Gasteiger partial charge in [-0.05, 0) is 48.6 Å². The van der Waals surface area contributed by atoms with Gasteiger partial charge in [-0.1, -0.05) is 19.1 Å². The number of benzene rings is 1. The molecule has 1 saturated heterocycles. The van der Waals surface area contributed by atoms with E-state index in [0.717, 1.165) is 25.9 Å². The van der Waals surface area contributed by atoms with Crippen LogP contribution < -0.4 is 15.0 Å². The highest BCUT2D eigenvalue weighted by Crippen LogP contribution is 2.28. The molecule has 0 atom stereocenters. The molecule has 9 heteroatoms. The number of aromatic nitrogens is 3. The molecule has 1 fully saturated rings. The lowest BCUT2D eigenvalue weighted by Crippen LogP contribution is -2.34. The minimum Gasteiger partial charge on any atom is -0.435 e. The second kappa shape index (κ2) is 9.20. The zero-order valence-electron chi connectivity index (χ0n) is 16.9. The maximum Gasteiger partial charge on any atom is 0.387 e. The number of hydrogen-bond acceptors (Lipinski definition) is 6. The monoisotopic (exact) mass is 429 g/mol. The highest BCUT2D eigenvalue weighted by Gasteiger charge is 2.18. The van der Waals surface area contributed by atoms with E-state index in [4.69, 9.17) is 0 Å². The van der Waals surface area contributed by atoms with Gasteiger partial charge in [0.1, 0.15) is 11.6 Å². The van der Waals surface area contributed by atoms with Crippen LogP contribution in [0.3, 0.4) is 0 Å². The topological polar surface area (TPSA) is 63.2 Å². The molecule has 0 bridgehead atoms. The molecule has 162 valence electrons. The van der Waals surface area contributed by atoms with Gasteiger partial charge < -0.3 is 15.0 Å². The minimum atomic E-state index is -2.89. The minimum absolute atomic E-state index is 0.0489. The van der Waals surface area contributed by atoms with E-state index in [9.17, 15) is 13.2 Å². The number of rotatable bonds is 6. The van der Waals surface area contributed by atoms with Crippen LogP contribution in [-0.4, -0.2) is 34.7 Å². The van der Waals surface area contributed by atoms with Crippen LogP contribution in [0.5, 0.6) is 5.75 Å². The van der Waals surface area contributed by atoms with Crippen LogP contribution in [0.4, 0.5) is 30.6 Å². The van der Waals surface area contributed by atoms with Gasteiger partial charge in [0.2, 0.25) is 11.9 Å². The molecule has 3 heterocycles. The summed E-state index contributed by atoms with van der Waals surface area (Å²) >= 11 is 0. The van der Waals surface area contributed by atoms with Gasteiger partial charge in [-0.15, -0.1) is 0 Å². The maximum atomic E-state index is 14.3. The van der Waals surface area contributed by atoms with Crippen LogP contribution in [0.2, 0.25) is 0 Å². The first-order valence-electron chi connectivity index (χ1n) is 10.0. The van der Waals surface area contributed by atoms with Crippen molar-refractivity contribution in [2.45, 2.75) is 26.4 Å². The molecule has 1 aliphatic rings. The molecular weight excluding hydrogens is 407 g/mol. The van der Waals surface area contributed by atoms with Gasteiger partial charge in [0.05, 0.1) is 5.69 Å². The molecule has 1 aliphatic heterocycles.